The quantitative estimate of drug-likeness (QED) is 0.154. The van der Waals surface area contributed by atoms with E-state index < -0.39 is 5.63 Å². The molecule has 2 amide bonds. The van der Waals surface area contributed by atoms with E-state index in [9.17, 15) is 14.4 Å². The Morgan fingerprint density at radius 2 is 1.64 bits per heavy atom. The van der Waals surface area contributed by atoms with Crippen LogP contribution in [-0.4, -0.2) is 82.1 Å². The van der Waals surface area contributed by atoms with Gasteiger partial charge in [0.05, 0.1) is 18.5 Å². The van der Waals surface area contributed by atoms with Gasteiger partial charge in [-0.15, -0.1) is 0 Å². The number of amides is 2. The van der Waals surface area contributed by atoms with Crippen molar-refractivity contribution in [2.24, 2.45) is 0 Å². The van der Waals surface area contributed by atoms with E-state index in [4.69, 9.17) is 16.0 Å². The molecule has 0 atom stereocenters. The smallest absolute Gasteiger partial charge is 0.336 e. The van der Waals surface area contributed by atoms with Gasteiger partial charge in [-0.3, -0.25) is 19.5 Å². The van der Waals surface area contributed by atoms with Crippen LogP contribution in [-0.2, 0) is 16.0 Å². The predicted octanol–water partition coefficient (Wildman–Crippen LogP) is 3.12. The number of nitrogens with zero attached hydrogens (tertiary/aromatic N) is 4. The molecule has 2 heterocycles. The first-order valence-corrected chi connectivity index (χ1v) is 15.3. The van der Waals surface area contributed by atoms with Crippen LogP contribution >= 0.6 is 0 Å². The molecular weight excluding hydrogens is 580 g/mol. The molecule has 234 valence electrons. The van der Waals surface area contributed by atoms with Crippen LogP contribution in [0.25, 0.3) is 21.9 Å². The Balaban J connectivity index is 1.16. The summed E-state index contributed by atoms with van der Waals surface area (Å²) in [5.74, 6) is -0.307. The summed E-state index contributed by atoms with van der Waals surface area (Å²) in [7, 11) is 5.89. The monoisotopic (exact) mass is 621 g/mol. The van der Waals surface area contributed by atoms with E-state index in [1.165, 1.54) is 6.07 Å². The van der Waals surface area contributed by atoms with Crippen LogP contribution in [0.3, 0.4) is 0 Å². The van der Waals surface area contributed by atoms with Crippen molar-refractivity contribution in [2.45, 2.75) is 26.2 Å². The van der Waals surface area contributed by atoms with E-state index in [0.29, 0.717) is 30.8 Å². The van der Waals surface area contributed by atoms with Crippen LogP contribution in [0, 0.1) is 11.6 Å². The minimum absolute atomic E-state index is 0.0447. The molecule has 0 unspecified atom stereocenters. The maximum Gasteiger partial charge on any atom is 0.336 e. The average Bonchev–Trinajstić information content (AvgIpc) is 2.99. The lowest BCUT2D eigenvalue weighted by Gasteiger charge is -2.23. The van der Waals surface area contributed by atoms with Crippen LogP contribution < -0.4 is 26.1 Å². The Morgan fingerprint density at radius 3 is 2.39 bits per heavy atom. The first-order chi connectivity index (χ1) is 21.1. The molecule has 44 heavy (non-hydrogen) atoms. The van der Waals surface area contributed by atoms with E-state index >= 15 is 0 Å². The van der Waals surface area contributed by atoms with Gasteiger partial charge in [0, 0.05) is 93.4 Å². The number of fused-ring (bicyclic) bond motifs is 2. The lowest BCUT2D eigenvalue weighted by Crippen LogP contribution is -2.41. The molecule has 4 rings (SSSR count). The van der Waals surface area contributed by atoms with Gasteiger partial charge in [0.1, 0.15) is 5.58 Å². The Kier molecular flexibility index (Phi) is 11.6. The minimum Gasteiger partial charge on any atom is -0.423 e. The van der Waals surface area contributed by atoms with Gasteiger partial charge in [0.15, 0.2) is 11.6 Å². The molecular formula is C33H42ClN6O4+. The molecule has 0 saturated carbocycles. The van der Waals surface area contributed by atoms with Gasteiger partial charge in [-0.1, -0.05) is 6.92 Å². The topological polar surface area (TPSA) is 111 Å². The molecule has 0 fully saturated rings. The average molecular weight is 622 g/mol. The second-order valence-electron chi connectivity index (χ2n) is 11.0. The molecule has 2 N–H and O–H groups in total. The molecule has 0 saturated heterocycles. The van der Waals surface area contributed by atoms with Crippen molar-refractivity contribution in [3.8, 4) is 0 Å². The third-order valence-electron chi connectivity index (χ3n) is 7.59. The summed E-state index contributed by atoms with van der Waals surface area (Å²) < 4.78 is 5.34. The zero-order chi connectivity index (χ0) is 31.6. The molecule has 10 nitrogen and oxygen atoms in total. The lowest BCUT2D eigenvalue weighted by molar-refractivity contribution is -0.288. The summed E-state index contributed by atoms with van der Waals surface area (Å²) in [5.41, 5.74) is 3.49. The van der Waals surface area contributed by atoms with E-state index in [1.54, 1.807) is 6.07 Å². The number of carbonyl (C=O) groups is 2. The van der Waals surface area contributed by atoms with E-state index in [-0.39, 0.29) is 18.2 Å². The highest BCUT2D eigenvalue weighted by Crippen LogP contribution is 2.26. The summed E-state index contributed by atoms with van der Waals surface area (Å²) in [6.07, 6.45) is 3.81. The normalized spacial score (nSPS) is 11.2. The Hall–Kier alpha value is -4.15. The van der Waals surface area contributed by atoms with Gasteiger partial charge in [0.25, 0.3) is 0 Å². The van der Waals surface area contributed by atoms with Gasteiger partial charge in [-0.2, -0.15) is 0 Å². The molecule has 0 aliphatic rings. The van der Waals surface area contributed by atoms with Crippen LogP contribution in [0.5, 0.6) is 0 Å². The van der Waals surface area contributed by atoms with E-state index in [2.05, 4.69) is 32.5 Å². The highest BCUT2D eigenvalue weighted by molar-refractivity contribution is 5.92. The SMILES string of the molecule is CCN(CCCCN(C)c1ccnc2cc([ClH+])ccc12)CC(=O)NCCNC(=O)Cc1cc(=O)oc2cc(N(C)C)ccc12. The molecule has 11 heteroatoms. The first-order valence-electron chi connectivity index (χ1n) is 14.9. The maximum atomic E-state index is 12.6. The van der Waals surface area contributed by atoms with Gasteiger partial charge < -0.3 is 24.9 Å². The highest BCUT2D eigenvalue weighted by Gasteiger charge is 2.13. The number of rotatable bonds is 15. The van der Waals surface area contributed by atoms with Crippen molar-refractivity contribution in [3.63, 3.8) is 0 Å². The van der Waals surface area contributed by atoms with Crippen molar-refractivity contribution >= 4 is 45.1 Å². The summed E-state index contributed by atoms with van der Waals surface area (Å²) in [6.45, 7) is 5.45. The summed E-state index contributed by atoms with van der Waals surface area (Å²) >= 11 is 5.27. The minimum atomic E-state index is -0.495. The van der Waals surface area contributed by atoms with Crippen molar-refractivity contribution in [1.29, 1.82) is 0 Å². The summed E-state index contributed by atoms with van der Waals surface area (Å²) in [4.78, 5) is 47.9. The summed E-state index contributed by atoms with van der Waals surface area (Å²) in [6, 6.07) is 14.8. The largest absolute Gasteiger partial charge is 0.423 e. The van der Waals surface area contributed by atoms with Gasteiger partial charge >= 0.3 is 5.63 Å². The zero-order valence-electron chi connectivity index (χ0n) is 25.9. The lowest BCUT2D eigenvalue weighted by atomic mass is 10.1. The van der Waals surface area contributed by atoms with Gasteiger partial charge in [-0.25, -0.2) is 4.79 Å². The number of anilines is 2. The van der Waals surface area contributed by atoms with Gasteiger partial charge in [-0.05, 0) is 55.8 Å². The molecule has 0 aliphatic heterocycles. The number of hydrogen-bond donors (Lipinski definition) is 2. The van der Waals surface area contributed by atoms with Crippen molar-refractivity contribution < 1.29 is 25.6 Å². The number of likely N-dealkylation sites (N-methyl/N-ethyl adjacent to an activating group) is 1. The third-order valence-corrected chi connectivity index (χ3v) is 7.84. The number of nitrogens with one attached hydrogen (secondary N) is 2. The first kappa shape index (κ1) is 32.8. The molecule has 2 aromatic carbocycles. The number of benzene rings is 2. The predicted molar refractivity (Wildman–Crippen MR) is 173 cm³/mol. The fourth-order valence-corrected chi connectivity index (χ4v) is 5.32. The van der Waals surface area contributed by atoms with Crippen molar-refractivity contribution in [2.75, 3.05) is 70.2 Å². The molecule has 0 bridgehead atoms. The molecule has 0 spiro atoms. The highest BCUT2D eigenvalue weighted by atomic mass is 35.5. The Morgan fingerprint density at radius 1 is 0.909 bits per heavy atom. The number of pyridine rings is 1. The van der Waals surface area contributed by atoms with E-state index in [0.717, 1.165) is 65.2 Å². The second-order valence-corrected chi connectivity index (χ2v) is 11.5. The number of carbonyl (C=O) groups excluding carboxylic acids is 2. The number of halogens is 1. The van der Waals surface area contributed by atoms with Crippen LogP contribution in [0.15, 0.2) is 63.9 Å². The fourth-order valence-electron chi connectivity index (χ4n) is 5.14. The fraction of sp³-hybridized carbons (Fsp3) is 0.394. The van der Waals surface area contributed by atoms with Gasteiger partial charge in [0.2, 0.25) is 16.8 Å². The molecule has 0 radical (unpaired) electrons. The zero-order valence-corrected chi connectivity index (χ0v) is 26.7. The standard InChI is InChI=1S/C33H41ClN6O4/c1-5-40(17-7-6-16-39(4)29-12-13-35-28-20-24(34)8-10-27(28)29)22-32(42)37-15-14-36-31(41)18-23-19-33(43)44-30-21-25(38(2)3)9-11-26(23)30/h8-13,19-21,34H,5-7,14-18,22H2,1-4H3,(H-,36,37,41,42)/p+1. The summed E-state index contributed by atoms with van der Waals surface area (Å²) in [5, 5.41) is 8.31. The third kappa shape index (κ3) is 8.93. The number of unbranched alkanes of at least 4 members (excludes halogenated alkanes) is 1. The number of aromatic nitrogens is 1. The van der Waals surface area contributed by atoms with Crippen LogP contribution in [0.2, 0.25) is 5.02 Å². The molecule has 4 aromatic rings. The Labute approximate surface area is 263 Å². The van der Waals surface area contributed by atoms with Crippen LogP contribution in [0.4, 0.5) is 11.4 Å². The van der Waals surface area contributed by atoms with Crippen molar-refractivity contribution in [3.05, 3.63) is 75.7 Å². The van der Waals surface area contributed by atoms with Crippen molar-refractivity contribution in [1.82, 2.24) is 20.5 Å². The number of hydrogen-bond acceptors (Lipinski definition) is 8. The van der Waals surface area contributed by atoms with E-state index in [1.807, 2.05) is 68.5 Å². The molecule has 2 aromatic heterocycles. The van der Waals surface area contributed by atoms with Crippen LogP contribution in [0.1, 0.15) is 25.3 Å². The maximum absolute atomic E-state index is 12.6. The molecule has 0 aliphatic carbocycles. The Bertz CT molecular complexity index is 1660. The second kappa shape index (κ2) is 15.5.